The van der Waals surface area contributed by atoms with E-state index in [1.165, 1.54) is 4.88 Å². The summed E-state index contributed by atoms with van der Waals surface area (Å²) in [5.41, 5.74) is 0. The summed E-state index contributed by atoms with van der Waals surface area (Å²) in [5.74, 6) is -0.771. The van der Waals surface area contributed by atoms with Crippen LogP contribution in [0.3, 0.4) is 0 Å². The number of thiophene rings is 1. The van der Waals surface area contributed by atoms with E-state index in [1.807, 2.05) is 10.3 Å². The van der Waals surface area contributed by atoms with E-state index >= 15 is 0 Å². The van der Waals surface area contributed by atoms with E-state index in [0.29, 0.717) is 0 Å². The lowest BCUT2D eigenvalue weighted by molar-refractivity contribution is -0.139. The van der Waals surface area contributed by atoms with Crippen molar-refractivity contribution in [2.75, 3.05) is 6.54 Å². The third kappa shape index (κ3) is 4.08. The van der Waals surface area contributed by atoms with Crippen LogP contribution in [0.4, 0.5) is 0 Å². The molecule has 2 atom stereocenters. The highest BCUT2D eigenvalue weighted by Gasteiger charge is 2.23. The zero-order valence-corrected chi connectivity index (χ0v) is 12.7. The van der Waals surface area contributed by atoms with Crippen LogP contribution in [0.2, 0.25) is 0 Å². The van der Waals surface area contributed by atoms with Crippen molar-refractivity contribution in [3.05, 3.63) is 20.8 Å². The molecule has 1 N–H and O–H groups in total. The van der Waals surface area contributed by atoms with Gasteiger partial charge in [0.25, 0.3) is 0 Å². The molecular formula is C12H18BrNO2S. The molecule has 1 aromatic heterocycles. The topological polar surface area (TPSA) is 40.5 Å². The average molecular weight is 320 g/mol. The van der Waals surface area contributed by atoms with Crippen molar-refractivity contribution in [1.82, 2.24) is 4.90 Å². The molecule has 96 valence electrons. The van der Waals surface area contributed by atoms with Crippen LogP contribution in [0, 0.1) is 0 Å². The van der Waals surface area contributed by atoms with Crippen LogP contribution in [0.25, 0.3) is 0 Å². The van der Waals surface area contributed by atoms with Crippen LogP contribution in [-0.2, 0) is 4.79 Å². The Balaban J connectivity index is 2.85. The maximum absolute atomic E-state index is 10.9. The number of carboxylic acids is 1. The Labute approximate surface area is 115 Å². The first kappa shape index (κ1) is 14.7. The van der Waals surface area contributed by atoms with E-state index in [9.17, 15) is 4.79 Å². The molecule has 0 bridgehead atoms. The lowest BCUT2D eigenvalue weighted by atomic mass is 10.1. The number of hydrogen-bond donors (Lipinski definition) is 1. The molecule has 0 spiro atoms. The summed E-state index contributed by atoms with van der Waals surface area (Å²) >= 11 is 5.09. The Kier molecular flexibility index (Phi) is 5.62. The van der Waals surface area contributed by atoms with Crippen molar-refractivity contribution in [1.29, 1.82) is 0 Å². The fourth-order valence-electron chi connectivity index (χ4n) is 1.78. The van der Waals surface area contributed by atoms with Gasteiger partial charge in [0, 0.05) is 26.8 Å². The lowest BCUT2D eigenvalue weighted by Crippen LogP contribution is -2.38. The standard InChI is InChI=1S/C12H18BrNO2S/c1-4-8(2)14(6-12(15)16)9(3)11-5-10(13)7-17-11/h5,7-9H,4,6H2,1-3H3,(H,15,16). The number of carbonyl (C=O) groups is 1. The Morgan fingerprint density at radius 1 is 1.59 bits per heavy atom. The van der Waals surface area contributed by atoms with Crippen LogP contribution in [0.15, 0.2) is 15.9 Å². The largest absolute Gasteiger partial charge is 0.480 e. The number of rotatable bonds is 6. The van der Waals surface area contributed by atoms with Crippen molar-refractivity contribution in [3.8, 4) is 0 Å². The van der Waals surface area contributed by atoms with Gasteiger partial charge in [-0.15, -0.1) is 11.3 Å². The van der Waals surface area contributed by atoms with Gasteiger partial charge < -0.3 is 5.11 Å². The first-order chi connectivity index (χ1) is 7.95. The third-order valence-corrected chi connectivity index (χ3v) is 4.84. The quantitative estimate of drug-likeness (QED) is 0.868. The summed E-state index contributed by atoms with van der Waals surface area (Å²) in [5, 5.41) is 11.0. The third-order valence-electron chi connectivity index (χ3n) is 2.97. The fraction of sp³-hybridized carbons (Fsp3) is 0.583. The second-order valence-corrected chi connectivity index (χ2v) is 6.03. The van der Waals surface area contributed by atoms with Gasteiger partial charge in [0.1, 0.15) is 0 Å². The van der Waals surface area contributed by atoms with E-state index in [2.05, 4.69) is 42.8 Å². The van der Waals surface area contributed by atoms with Gasteiger partial charge in [-0.2, -0.15) is 0 Å². The van der Waals surface area contributed by atoms with Gasteiger partial charge in [-0.3, -0.25) is 9.69 Å². The van der Waals surface area contributed by atoms with Gasteiger partial charge in [0.05, 0.1) is 6.54 Å². The van der Waals surface area contributed by atoms with Gasteiger partial charge in [-0.1, -0.05) is 6.92 Å². The molecule has 1 rings (SSSR count). The maximum Gasteiger partial charge on any atom is 0.317 e. The lowest BCUT2D eigenvalue weighted by Gasteiger charge is -2.32. The molecule has 5 heteroatoms. The highest BCUT2D eigenvalue weighted by molar-refractivity contribution is 9.10. The number of hydrogen-bond acceptors (Lipinski definition) is 3. The number of nitrogens with zero attached hydrogens (tertiary/aromatic N) is 1. The number of aliphatic carboxylic acids is 1. The van der Waals surface area contributed by atoms with Gasteiger partial charge in [0.2, 0.25) is 0 Å². The normalized spacial score (nSPS) is 14.9. The second-order valence-electron chi connectivity index (χ2n) is 4.17. The number of halogens is 1. The zero-order chi connectivity index (χ0) is 13.0. The maximum atomic E-state index is 10.9. The summed E-state index contributed by atoms with van der Waals surface area (Å²) in [4.78, 5) is 14.1. The van der Waals surface area contributed by atoms with Crippen LogP contribution in [0.1, 0.15) is 38.1 Å². The van der Waals surface area contributed by atoms with Crippen molar-refractivity contribution in [2.45, 2.75) is 39.3 Å². The van der Waals surface area contributed by atoms with Gasteiger partial charge in [0.15, 0.2) is 0 Å². The van der Waals surface area contributed by atoms with Crippen molar-refractivity contribution in [2.24, 2.45) is 0 Å². The van der Waals surface area contributed by atoms with Crippen LogP contribution < -0.4 is 0 Å². The van der Waals surface area contributed by atoms with E-state index in [1.54, 1.807) is 11.3 Å². The van der Waals surface area contributed by atoms with E-state index in [0.717, 1.165) is 10.9 Å². The van der Waals surface area contributed by atoms with Crippen molar-refractivity contribution >= 4 is 33.2 Å². The predicted molar refractivity (Wildman–Crippen MR) is 74.5 cm³/mol. The van der Waals surface area contributed by atoms with E-state index in [4.69, 9.17) is 5.11 Å². The van der Waals surface area contributed by atoms with Crippen molar-refractivity contribution in [3.63, 3.8) is 0 Å². The Morgan fingerprint density at radius 2 is 2.24 bits per heavy atom. The first-order valence-corrected chi connectivity index (χ1v) is 7.34. The van der Waals surface area contributed by atoms with Crippen LogP contribution >= 0.6 is 27.3 Å². The van der Waals surface area contributed by atoms with Gasteiger partial charge in [-0.05, 0) is 42.3 Å². The molecule has 2 unspecified atom stereocenters. The van der Waals surface area contributed by atoms with E-state index in [-0.39, 0.29) is 18.6 Å². The zero-order valence-electron chi connectivity index (χ0n) is 10.3. The number of carboxylic acid groups (broad SMARTS) is 1. The molecule has 1 aromatic rings. The Hall–Kier alpha value is -0.390. The SMILES string of the molecule is CCC(C)N(CC(=O)O)C(C)c1cc(Br)cs1. The highest BCUT2D eigenvalue weighted by Crippen LogP contribution is 2.30. The van der Waals surface area contributed by atoms with Crippen LogP contribution in [0.5, 0.6) is 0 Å². The molecule has 0 radical (unpaired) electrons. The smallest absolute Gasteiger partial charge is 0.317 e. The predicted octanol–water partition coefficient (Wildman–Crippen LogP) is 3.76. The van der Waals surface area contributed by atoms with Crippen molar-refractivity contribution < 1.29 is 9.90 Å². The molecular weight excluding hydrogens is 302 g/mol. The molecule has 0 aromatic carbocycles. The summed E-state index contributed by atoms with van der Waals surface area (Å²) in [6.07, 6.45) is 0.949. The highest BCUT2D eigenvalue weighted by atomic mass is 79.9. The molecule has 0 aliphatic carbocycles. The average Bonchev–Trinajstić information content (AvgIpc) is 2.70. The first-order valence-electron chi connectivity index (χ1n) is 5.67. The summed E-state index contributed by atoms with van der Waals surface area (Å²) in [6, 6.07) is 2.46. The minimum atomic E-state index is -0.771. The Morgan fingerprint density at radius 3 is 2.65 bits per heavy atom. The summed E-state index contributed by atoms with van der Waals surface area (Å²) < 4.78 is 1.06. The van der Waals surface area contributed by atoms with E-state index < -0.39 is 5.97 Å². The fourth-order valence-corrected chi connectivity index (χ4v) is 3.30. The molecule has 1 heterocycles. The minimum Gasteiger partial charge on any atom is -0.480 e. The Bertz CT molecular complexity index is 380. The van der Waals surface area contributed by atoms with Gasteiger partial charge in [-0.25, -0.2) is 0 Å². The second kappa shape index (κ2) is 6.52. The monoisotopic (exact) mass is 319 g/mol. The molecule has 0 saturated carbocycles. The molecule has 0 aliphatic rings. The van der Waals surface area contributed by atoms with Gasteiger partial charge >= 0.3 is 5.97 Å². The molecule has 0 amide bonds. The van der Waals surface area contributed by atoms with Crippen LogP contribution in [-0.4, -0.2) is 28.6 Å². The molecule has 0 saturated heterocycles. The molecule has 0 aliphatic heterocycles. The summed E-state index contributed by atoms with van der Waals surface area (Å²) in [7, 11) is 0. The molecule has 0 fully saturated rings. The molecule has 17 heavy (non-hydrogen) atoms. The minimum absolute atomic E-state index is 0.0890. The molecule has 3 nitrogen and oxygen atoms in total. The summed E-state index contributed by atoms with van der Waals surface area (Å²) in [6.45, 7) is 6.30.